The van der Waals surface area contributed by atoms with Crippen molar-refractivity contribution in [1.82, 2.24) is 25.1 Å². The van der Waals surface area contributed by atoms with Gasteiger partial charge < -0.3 is 14.6 Å². The van der Waals surface area contributed by atoms with Crippen LogP contribution in [-0.4, -0.2) is 39.5 Å². The molecule has 1 aliphatic heterocycles. The summed E-state index contributed by atoms with van der Waals surface area (Å²) < 4.78 is 7.60. The maximum absolute atomic E-state index is 5.40. The number of hydrogen-bond acceptors (Lipinski definition) is 5. The molecule has 1 N–H and O–H groups in total. The molecule has 106 valence electrons. The fourth-order valence-electron chi connectivity index (χ4n) is 2.52. The molecule has 6 heteroatoms. The predicted molar refractivity (Wildman–Crippen MR) is 74.3 cm³/mol. The summed E-state index contributed by atoms with van der Waals surface area (Å²) in [5.41, 5.74) is 1.12. The van der Waals surface area contributed by atoms with E-state index in [1.54, 1.807) is 6.20 Å². The van der Waals surface area contributed by atoms with E-state index in [0.717, 1.165) is 43.3 Å². The number of pyridine rings is 1. The second-order valence-electron chi connectivity index (χ2n) is 4.75. The largest absolute Gasteiger partial charge is 0.381 e. The summed E-state index contributed by atoms with van der Waals surface area (Å²) in [5, 5.41) is 12.2. The minimum atomic E-state index is 0.0748. The summed E-state index contributed by atoms with van der Waals surface area (Å²) in [6.45, 7) is 5.24. The lowest BCUT2D eigenvalue weighted by molar-refractivity contribution is 0.148. The van der Waals surface area contributed by atoms with Crippen LogP contribution in [0, 0.1) is 0 Å². The minimum absolute atomic E-state index is 0.0748. The number of ether oxygens (including phenoxy) is 1. The Kier molecular flexibility index (Phi) is 4.03. The molecule has 0 amide bonds. The van der Waals surface area contributed by atoms with Gasteiger partial charge in [-0.15, -0.1) is 10.2 Å². The first-order valence-corrected chi connectivity index (χ1v) is 7.03. The van der Waals surface area contributed by atoms with Crippen LogP contribution in [0.25, 0.3) is 0 Å². The SMILES string of the molecule is CCOCCc1nnc2n1CCNC2c1cccnc1. The van der Waals surface area contributed by atoms with Crippen molar-refractivity contribution in [3.8, 4) is 0 Å². The van der Waals surface area contributed by atoms with Gasteiger partial charge >= 0.3 is 0 Å². The van der Waals surface area contributed by atoms with Gasteiger partial charge in [0, 0.05) is 38.5 Å². The van der Waals surface area contributed by atoms with Gasteiger partial charge in [-0.05, 0) is 18.6 Å². The van der Waals surface area contributed by atoms with Crippen LogP contribution < -0.4 is 5.32 Å². The second-order valence-corrected chi connectivity index (χ2v) is 4.75. The van der Waals surface area contributed by atoms with Crippen molar-refractivity contribution in [3.63, 3.8) is 0 Å². The fourth-order valence-corrected chi connectivity index (χ4v) is 2.52. The van der Waals surface area contributed by atoms with Crippen molar-refractivity contribution in [2.45, 2.75) is 25.9 Å². The molecule has 1 aliphatic rings. The Morgan fingerprint density at radius 3 is 3.20 bits per heavy atom. The van der Waals surface area contributed by atoms with Crippen LogP contribution in [0.15, 0.2) is 24.5 Å². The van der Waals surface area contributed by atoms with Gasteiger partial charge in [0.2, 0.25) is 0 Å². The number of aromatic nitrogens is 4. The Morgan fingerprint density at radius 1 is 1.45 bits per heavy atom. The highest BCUT2D eigenvalue weighted by atomic mass is 16.5. The standard InChI is InChI=1S/C14H19N5O/c1-2-20-9-5-12-17-18-14-13(16-7-8-19(12)14)11-4-3-6-15-10-11/h3-4,6,10,13,16H,2,5,7-9H2,1H3. The fraction of sp³-hybridized carbons (Fsp3) is 0.500. The first kappa shape index (κ1) is 13.2. The van der Waals surface area contributed by atoms with E-state index < -0.39 is 0 Å². The molecule has 0 saturated carbocycles. The van der Waals surface area contributed by atoms with Crippen molar-refractivity contribution < 1.29 is 4.74 Å². The summed E-state index contributed by atoms with van der Waals surface area (Å²) in [7, 11) is 0. The Balaban J connectivity index is 1.83. The van der Waals surface area contributed by atoms with E-state index in [1.807, 2.05) is 19.2 Å². The monoisotopic (exact) mass is 273 g/mol. The molecule has 2 aromatic rings. The summed E-state index contributed by atoms with van der Waals surface area (Å²) in [5.74, 6) is 1.97. The molecular weight excluding hydrogens is 254 g/mol. The van der Waals surface area contributed by atoms with Gasteiger partial charge in [0.1, 0.15) is 5.82 Å². The molecule has 0 bridgehead atoms. The molecule has 1 unspecified atom stereocenters. The first-order chi connectivity index (χ1) is 9.90. The van der Waals surface area contributed by atoms with E-state index in [2.05, 4.69) is 31.1 Å². The van der Waals surface area contributed by atoms with E-state index in [1.165, 1.54) is 0 Å². The third kappa shape index (κ3) is 2.57. The maximum atomic E-state index is 5.40. The summed E-state index contributed by atoms with van der Waals surface area (Å²) >= 11 is 0. The highest BCUT2D eigenvalue weighted by Gasteiger charge is 2.25. The zero-order valence-corrected chi connectivity index (χ0v) is 11.6. The van der Waals surface area contributed by atoms with Crippen LogP contribution in [0.2, 0.25) is 0 Å². The van der Waals surface area contributed by atoms with Crippen LogP contribution in [0.4, 0.5) is 0 Å². The number of rotatable bonds is 5. The normalized spacial score (nSPS) is 17.9. The highest BCUT2D eigenvalue weighted by molar-refractivity contribution is 5.23. The van der Waals surface area contributed by atoms with Gasteiger partial charge in [0.15, 0.2) is 5.82 Å². The number of hydrogen-bond donors (Lipinski definition) is 1. The van der Waals surface area contributed by atoms with E-state index in [9.17, 15) is 0 Å². The van der Waals surface area contributed by atoms with Crippen molar-refractivity contribution in [1.29, 1.82) is 0 Å². The molecule has 1 atom stereocenters. The third-order valence-corrected chi connectivity index (χ3v) is 3.49. The van der Waals surface area contributed by atoms with E-state index in [4.69, 9.17) is 4.74 Å². The molecule has 3 rings (SSSR count). The third-order valence-electron chi connectivity index (χ3n) is 3.49. The Labute approximate surface area is 118 Å². The van der Waals surface area contributed by atoms with E-state index in [0.29, 0.717) is 6.61 Å². The highest BCUT2D eigenvalue weighted by Crippen LogP contribution is 2.23. The maximum Gasteiger partial charge on any atom is 0.154 e. The molecule has 0 saturated heterocycles. The van der Waals surface area contributed by atoms with Crippen molar-refractivity contribution in [2.24, 2.45) is 0 Å². The molecule has 0 aliphatic carbocycles. The summed E-state index contributed by atoms with van der Waals surface area (Å²) in [4.78, 5) is 4.18. The smallest absolute Gasteiger partial charge is 0.154 e. The van der Waals surface area contributed by atoms with Crippen molar-refractivity contribution in [2.75, 3.05) is 19.8 Å². The number of nitrogens with zero attached hydrogens (tertiary/aromatic N) is 4. The van der Waals surface area contributed by atoms with Crippen molar-refractivity contribution >= 4 is 0 Å². The first-order valence-electron chi connectivity index (χ1n) is 7.03. The average Bonchev–Trinajstić information content (AvgIpc) is 2.92. The number of nitrogens with one attached hydrogen (secondary N) is 1. The second kappa shape index (κ2) is 6.11. The topological polar surface area (TPSA) is 64.9 Å². The molecule has 0 spiro atoms. The number of fused-ring (bicyclic) bond motifs is 1. The summed E-state index contributed by atoms with van der Waals surface area (Å²) in [6.07, 6.45) is 4.47. The molecule has 6 nitrogen and oxygen atoms in total. The molecule has 0 radical (unpaired) electrons. The molecule has 0 fully saturated rings. The van der Waals surface area contributed by atoms with Gasteiger partial charge in [-0.2, -0.15) is 0 Å². The quantitative estimate of drug-likeness (QED) is 0.822. The van der Waals surface area contributed by atoms with E-state index >= 15 is 0 Å². The van der Waals surface area contributed by atoms with Gasteiger partial charge in [-0.1, -0.05) is 6.07 Å². The molecule has 3 heterocycles. The molecule has 20 heavy (non-hydrogen) atoms. The Bertz CT molecular complexity index is 554. The van der Waals surface area contributed by atoms with Crippen LogP contribution in [-0.2, 0) is 17.7 Å². The summed E-state index contributed by atoms with van der Waals surface area (Å²) in [6, 6.07) is 4.09. The predicted octanol–water partition coefficient (Wildman–Crippen LogP) is 0.945. The van der Waals surface area contributed by atoms with Gasteiger partial charge in [-0.25, -0.2) is 0 Å². The average molecular weight is 273 g/mol. The van der Waals surface area contributed by atoms with Crippen LogP contribution in [0.3, 0.4) is 0 Å². The van der Waals surface area contributed by atoms with Gasteiger partial charge in [0.25, 0.3) is 0 Å². The van der Waals surface area contributed by atoms with Gasteiger partial charge in [-0.3, -0.25) is 4.98 Å². The zero-order chi connectivity index (χ0) is 13.8. The molecule has 0 aromatic carbocycles. The Hall–Kier alpha value is -1.79. The van der Waals surface area contributed by atoms with Crippen LogP contribution in [0.1, 0.15) is 30.2 Å². The Morgan fingerprint density at radius 2 is 2.40 bits per heavy atom. The lowest BCUT2D eigenvalue weighted by atomic mass is 10.1. The minimum Gasteiger partial charge on any atom is -0.381 e. The van der Waals surface area contributed by atoms with E-state index in [-0.39, 0.29) is 6.04 Å². The van der Waals surface area contributed by atoms with Crippen molar-refractivity contribution in [3.05, 3.63) is 41.7 Å². The molecule has 2 aromatic heterocycles. The van der Waals surface area contributed by atoms with Crippen LogP contribution >= 0.6 is 0 Å². The lowest BCUT2D eigenvalue weighted by Gasteiger charge is -2.25. The van der Waals surface area contributed by atoms with Crippen LogP contribution in [0.5, 0.6) is 0 Å². The molecular formula is C14H19N5O. The zero-order valence-electron chi connectivity index (χ0n) is 11.6. The lowest BCUT2D eigenvalue weighted by Crippen LogP contribution is -2.35. The van der Waals surface area contributed by atoms with Gasteiger partial charge in [0.05, 0.1) is 12.6 Å².